The van der Waals surface area contributed by atoms with Crippen molar-refractivity contribution < 1.29 is 9.84 Å². The zero-order valence-corrected chi connectivity index (χ0v) is 10.1. The fraction of sp³-hybridized carbons (Fsp3) is 0.133. The van der Waals surface area contributed by atoms with Gasteiger partial charge in [-0.2, -0.15) is 5.26 Å². The number of aryl methyl sites for hydroxylation is 1. The monoisotopic (exact) mass is 239 g/mol. The molecule has 0 fully saturated rings. The van der Waals surface area contributed by atoms with Gasteiger partial charge < -0.3 is 9.84 Å². The van der Waals surface area contributed by atoms with Gasteiger partial charge in [-0.05, 0) is 48.4 Å². The minimum atomic E-state index is -0.0103. The van der Waals surface area contributed by atoms with Crippen LogP contribution >= 0.6 is 0 Å². The van der Waals surface area contributed by atoms with Gasteiger partial charge >= 0.3 is 0 Å². The van der Waals surface area contributed by atoms with Crippen molar-refractivity contribution >= 4 is 0 Å². The highest BCUT2D eigenvalue weighted by molar-refractivity contribution is 5.43. The van der Waals surface area contributed by atoms with Crippen LogP contribution < -0.4 is 4.74 Å². The molecule has 1 N–H and O–H groups in total. The van der Waals surface area contributed by atoms with Crippen molar-refractivity contribution in [2.75, 3.05) is 0 Å². The molecule has 3 heteroatoms. The number of aliphatic hydroxyl groups excluding tert-OH is 1. The number of ether oxygens (including phenoxy) is 1. The standard InChI is InChI=1S/C15H13NO2/c1-11-7-15(6-5-13(11)9-16)18-14-4-2-3-12(8-14)10-17/h2-8,17H,10H2,1H3. The smallest absolute Gasteiger partial charge is 0.127 e. The fourth-order valence-corrected chi connectivity index (χ4v) is 1.67. The van der Waals surface area contributed by atoms with Gasteiger partial charge in [0.05, 0.1) is 18.2 Å². The summed E-state index contributed by atoms with van der Waals surface area (Å²) in [5, 5.41) is 17.9. The highest BCUT2D eigenvalue weighted by Gasteiger charge is 2.02. The maximum absolute atomic E-state index is 9.05. The summed E-state index contributed by atoms with van der Waals surface area (Å²) in [4.78, 5) is 0. The number of hydrogen-bond donors (Lipinski definition) is 1. The van der Waals surface area contributed by atoms with Crippen LogP contribution in [0.5, 0.6) is 11.5 Å². The van der Waals surface area contributed by atoms with Crippen LogP contribution in [0.3, 0.4) is 0 Å². The zero-order chi connectivity index (χ0) is 13.0. The number of aliphatic hydroxyl groups is 1. The Hall–Kier alpha value is -2.31. The van der Waals surface area contributed by atoms with Gasteiger partial charge in [0.25, 0.3) is 0 Å². The Labute approximate surface area is 106 Å². The topological polar surface area (TPSA) is 53.2 Å². The Balaban J connectivity index is 2.23. The van der Waals surface area contributed by atoms with E-state index in [0.717, 1.165) is 11.1 Å². The maximum atomic E-state index is 9.05. The van der Waals surface area contributed by atoms with Crippen molar-refractivity contribution in [1.82, 2.24) is 0 Å². The molecular formula is C15H13NO2. The predicted octanol–water partition coefficient (Wildman–Crippen LogP) is 3.15. The third kappa shape index (κ3) is 2.68. The van der Waals surface area contributed by atoms with E-state index in [9.17, 15) is 0 Å². The van der Waals surface area contributed by atoms with Gasteiger partial charge in [-0.25, -0.2) is 0 Å². The Morgan fingerprint density at radius 1 is 1.17 bits per heavy atom. The summed E-state index contributed by atoms with van der Waals surface area (Å²) in [6, 6.07) is 14.7. The van der Waals surface area contributed by atoms with Crippen molar-refractivity contribution in [3.8, 4) is 17.6 Å². The molecule has 0 saturated heterocycles. The highest BCUT2D eigenvalue weighted by Crippen LogP contribution is 2.24. The second kappa shape index (κ2) is 5.35. The third-order valence-corrected chi connectivity index (χ3v) is 2.64. The first-order chi connectivity index (χ1) is 8.72. The first-order valence-electron chi connectivity index (χ1n) is 5.61. The SMILES string of the molecule is Cc1cc(Oc2cccc(CO)c2)ccc1C#N. The van der Waals surface area contributed by atoms with Crippen LogP contribution in [0.4, 0.5) is 0 Å². The molecule has 2 aromatic carbocycles. The van der Waals surface area contributed by atoms with Gasteiger partial charge in [0.2, 0.25) is 0 Å². The zero-order valence-electron chi connectivity index (χ0n) is 10.1. The molecule has 3 nitrogen and oxygen atoms in total. The quantitative estimate of drug-likeness (QED) is 0.895. The van der Waals surface area contributed by atoms with Crippen molar-refractivity contribution in [1.29, 1.82) is 5.26 Å². The number of hydrogen-bond acceptors (Lipinski definition) is 3. The third-order valence-electron chi connectivity index (χ3n) is 2.64. The van der Waals surface area contributed by atoms with Gasteiger partial charge in [-0.15, -0.1) is 0 Å². The van der Waals surface area contributed by atoms with Crippen LogP contribution in [0, 0.1) is 18.3 Å². The predicted molar refractivity (Wildman–Crippen MR) is 68.3 cm³/mol. The van der Waals surface area contributed by atoms with E-state index in [-0.39, 0.29) is 6.61 Å². The molecule has 0 atom stereocenters. The van der Waals surface area contributed by atoms with Crippen LogP contribution in [-0.4, -0.2) is 5.11 Å². The second-order valence-corrected chi connectivity index (χ2v) is 4.00. The van der Waals surface area contributed by atoms with E-state index in [2.05, 4.69) is 6.07 Å². The molecule has 0 aliphatic heterocycles. The van der Waals surface area contributed by atoms with E-state index in [1.807, 2.05) is 31.2 Å². The molecule has 0 spiro atoms. The summed E-state index contributed by atoms with van der Waals surface area (Å²) in [6.45, 7) is 1.86. The molecule has 0 bridgehead atoms. The van der Waals surface area contributed by atoms with Crippen molar-refractivity contribution in [2.24, 2.45) is 0 Å². The summed E-state index contributed by atoms with van der Waals surface area (Å²) >= 11 is 0. The molecule has 0 aromatic heterocycles. The van der Waals surface area contributed by atoms with Crippen LogP contribution in [0.1, 0.15) is 16.7 Å². The Bertz CT molecular complexity index is 600. The minimum Gasteiger partial charge on any atom is -0.457 e. The lowest BCUT2D eigenvalue weighted by Gasteiger charge is -2.08. The molecule has 0 unspecified atom stereocenters. The minimum absolute atomic E-state index is 0.0103. The molecule has 0 aliphatic rings. The van der Waals surface area contributed by atoms with Crippen molar-refractivity contribution in [2.45, 2.75) is 13.5 Å². The molecule has 2 rings (SSSR count). The van der Waals surface area contributed by atoms with E-state index >= 15 is 0 Å². The molecule has 0 radical (unpaired) electrons. The van der Waals surface area contributed by atoms with E-state index < -0.39 is 0 Å². The molecule has 0 saturated carbocycles. The molecular weight excluding hydrogens is 226 g/mol. The maximum Gasteiger partial charge on any atom is 0.127 e. The van der Waals surface area contributed by atoms with Gasteiger partial charge in [0, 0.05) is 0 Å². The normalized spacial score (nSPS) is 9.83. The van der Waals surface area contributed by atoms with E-state index in [0.29, 0.717) is 17.1 Å². The van der Waals surface area contributed by atoms with Gasteiger partial charge in [-0.3, -0.25) is 0 Å². The average molecular weight is 239 g/mol. The molecule has 0 heterocycles. The van der Waals surface area contributed by atoms with E-state index in [4.69, 9.17) is 15.1 Å². The van der Waals surface area contributed by atoms with Gasteiger partial charge in [-0.1, -0.05) is 12.1 Å². The highest BCUT2D eigenvalue weighted by atomic mass is 16.5. The van der Waals surface area contributed by atoms with Crippen LogP contribution in [0.25, 0.3) is 0 Å². The molecule has 0 aliphatic carbocycles. The second-order valence-electron chi connectivity index (χ2n) is 4.00. The van der Waals surface area contributed by atoms with Crippen LogP contribution in [-0.2, 0) is 6.61 Å². The lowest BCUT2D eigenvalue weighted by molar-refractivity contribution is 0.281. The lowest BCUT2D eigenvalue weighted by atomic mass is 10.1. The van der Waals surface area contributed by atoms with E-state index in [1.54, 1.807) is 18.2 Å². The van der Waals surface area contributed by atoms with Gasteiger partial charge in [0.1, 0.15) is 11.5 Å². The molecule has 90 valence electrons. The van der Waals surface area contributed by atoms with Crippen LogP contribution in [0.15, 0.2) is 42.5 Å². The summed E-state index contributed by atoms with van der Waals surface area (Å²) in [7, 11) is 0. The lowest BCUT2D eigenvalue weighted by Crippen LogP contribution is -1.89. The largest absolute Gasteiger partial charge is 0.457 e. The van der Waals surface area contributed by atoms with E-state index in [1.165, 1.54) is 0 Å². The number of nitrogens with zero attached hydrogens (tertiary/aromatic N) is 1. The number of nitriles is 1. The first kappa shape index (κ1) is 12.2. The summed E-state index contributed by atoms with van der Waals surface area (Å²) in [5.41, 5.74) is 2.33. The fourth-order valence-electron chi connectivity index (χ4n) is 1.67. The van der Waals surface area contributed by atoms with Crippen molar-refractivity contribution in [3.05, 3.63) is 59.2 Å². The summed E-state index contributed by atoms with van der Waals surface area (Å²) < 4.78 is 5.68. The van der Waals surface area contributed by atoms with Crippen molar-refractivity contribution in [3.63, 3.8) is 0 Å². The Morgan fingerprint density at radius 3 is 2.61 bits per heavy atom. The van der Waals surface area contributed by atoms with Crippen LogP contribution in [0.2, 0.25) is 0 Å². The molecule has 0 amide bonds. The Morgan fingerprint density at radius 2 is 1.94 bits per heavy atom. The molecule has 18 heavy (non-hydrogen) atoms. The summed E-state index contributed by atoms with van der Waals surface area (Å²) in [5.74, 6) is 1.35. The van der Waals surface area contributed by atoms with Gasteiger partial charge in [0.15, 0.2) is 0 Å². The first-order valence-corrected chi connectivity index (χ1v) is 5.61. The number of benzene rings is 2. The number of rotatable bonds is 3. The summed E-state index contributed by atoms with van der Waals surface area (Å²) in [6.07, 6.45) is 0. The Kier molecular flexibility index (Phi) is 3.61. The average Bonchev–Trinajstić information content (AvgIpc) is 2.39. The molecule has 2 aromatic rings.